The van der Waals surface area contributed by atoms with Crippen molar-refractivity contribution in [2.45, 2.75) is 43.7 Å². The number of esters is 1. The molecule has 1 aliphatic carbocycles. The number of methoxy groups -OCH3 is 1. The fourth-order valence-corrected chi connectivity index (χ4v) is 4.81. The Balaban J connectivity index is 1.57. The molecule has 0 aromatic heterocycles. The van der Waals surface area contributed by atoms with E-state index in [0.29, 0.717) is 17.8 Å². The molecule has 2 amide bonds. The van der Waals surface area contributed by atoms with Crippen molar-refractivity contribution >= 4 is 29.2 Å². The number of nitrogens with zero attached hydrogens (tertiary/aromatic N) is 2. The number of benzene rings is 2. The van der Waals surface area contributed by atoms with E-state index in [-0.39, 0.29) is 23.9 Å². The van der Waals surface area contributed by atoms with Crippen LogP contribution in [0.4, 0.5) is 5.69 Å². The van der Waals surface area contributed by atoms with Crippen LogP contribution in [0.15, 0.2) is 53.5 Å². The fourth-order valence-electron chi connectivity index (χ4n) is 4.81. The van der Waals surface area contributed by atoms with Gasteiger partial charge in [-0.2, -0.15) is 0 Å². The van der Waals surface area contributed by atoms with Gasteiger partial charge >= 0.3 is 5.97 Å². The predicted molar refractivity (Wildman–Crippen MR) is 135 cm³/mol. The quantitative estimate of drug-likeness (QED) is 0.473. The average molecular weight is 477 g/mol. The van der Waals surface area contributed by atoms with Crippen LogP contribution in [0, 0.1) is 0 Å². The van der Waals surface area contributed by atoms with Crippen molar-refractivity contribution in [3.8, 4) is 0 Å². The normalized spacial score (nSPS) is 21.9. The number of rotatable bonds is 7. The van der Waals surface area contributed by atoms with Gasteiger partial charge in [0.05, 0.1) is 31.0 Å². The van der Waals surface area contributed by atoms with Gasteiger partial charge in [0.2, 0.25) is 11.8 Å². The van der Waals surface area contributed by atoms with Crippen LogP contribution in [0.25, 0.3) is 0 Å². The van der Waals surface area contributed by atoms with Gasteiger partial charge in [-0.1, -0.05) is 36.4 Å². The van der Waals surface area contributed by atoms with Gasteiger partial charge in [-0.05, 0) is 63.0 Å². The minimum atomic E-state index is -0.559. The van der Waals surface area contributed by atoms with Gasteiger partial charge in [-0.15, -0.1) is 0 Å². The number of hydrogen-bond acceptors (Lipinski definition) is 6. The van der Waals surface area contributed by atoms with Gasteiger partial charge in [-0.25, -0.2) is 4.79 Å². The summed E-state index contributed by atoms with van der Waals surface area (Å²) in [4.78, 5) is 44.2. The molecule has 1 atom stereocenters. The molecule has 1 aliphatic heterocycles. The molecule has 2 aliphatic rings. The van der Waals surface area contributed by atoms with Crippen molar-refractivity contribution in [1.82, 2.24) is 10.2 Å². The lowest BCUT2D eigenvalue weighted by molar-refractivity contribution is -0.122. The van der Waals surface area contributed by atoms with Gasteiger partial charge in [0.15, 0.2) is 0 Å². The first-order valence-electron chi connectivity index (χ1n) is 12.0. The Morgan fingerprint density at radius 2 is 1.77 bits per heavy atom. The van der Waals surface area contributed by atoms with E-state index in [1.54, 1.807) is 18.2 Å². The first-order chi connectivity index (χ1) is 16.9. The second-order valence-electron chi connectivity index (χ2n) is 9.41. The van der Waals surface area contributed by atoms with Crippen LogP contribution in [-0.2, 0) is 14.3 Å². The Bertz CT molecular complexity index is 1120. The van der Waals surface area contributed by atoms with E-state index in [2.05, 4.69) is 10.6 Å². The van der Waals surface area contributed by atoms with Crippen LogP contribution in [0.3, 0.4) is 0 Å². The summed E-state index contributed by atoms with van der Waals surface area (Å²) in [5.74, 6) is -1.12. The lowest BCUT2D eigenvalue weighted by Crippen LogP contribution is -2.42. The van der Waals surface area contributed by atoms with Gasteiger partial charge in [-0.3, -0.25) is 14.6 Å². The van der Waals surface area contributed by atoms with Crippen LogP contribution in [-0.4, -0.2) is 68.2 Å². The van der Waals surface area contributed by atoms with Crippen molar-refractivity contribution in [2.24, 2.45) is 4.99 Å². The Morgan fingerprint density at radius 3 is 2.43 bits per heavy atom. The summed E-state index contributed by atoms with van der Waals surface area (Å²) in [7, 11) is 5.09. The standard InChI is InChI=1S/C27H32N4O4/c1-31(2)16-23(32)28-19-10-12-20(13-11-19)29-25(17-7-5-4-6-8-17)24-21-14-9-18(27(34)35-3)15-22(21)30-26(24)33/h4-9,14-15,19-20,24H,10-13,16H2,1-3H3,(H,28,32)(H,30,33). The summed E-state index contributed by atoms with van der Waals surface area (Å²) in [5.41, 5.74) is 3.43. The summed E-state index contributed by atoms with van der Waals surface area (Å²) >= 11 is 0. The van der Waals surface area contributed by atoms with Crippen LogP contribution in [0.2, 0.25) is 0 Å². The molecule has 184 valence electrons. The van der Waals surface area contributed by atoms with E-state index in [4.69, 9.17) is 9.73 Å². The van der Waals surface area contributed by atoms with Crippen LogP contribution >= 0.6 is 0 Å². The molecular formula is C27H32N4O4. The molecule has 0 radical (unpaired) electrons. The Hall–Kier alpha value is -3.52. The van der Waals surface area contributed by atoms with Crippen LogP contribution < -0.4 is 10.6 Å². The van der Waals surface area contributed by atoms with Crippen molar-refractivity contribution in [3.63, 3.8) is 0 Å². The van der Waals surface area contributed by atoms with E-state index >= 15 is 0 Å². The molecule has 2 N–H and O–H groups in total. The third kappa shape index (κ3) is 5.77. The van der Waals surface area contributed by atoms with Crippen LogP contribution in [0.1, 0.15) is 53.1 Å². The summed E-state index contributed by atoms with van der Waals surface area (Å²) in [6.45, 7) is 0.379. The molecule has 8 nitrogen and oxygen atoms in total. The number of carbonyl (C=O) groups excluding carboxylic acids is 3. The third-order valence-corrected chi connectivity index (χ3v) is 6.49. The van der Waals surface area contributed by atoms with Crippen LogP contribution in [0.5, 0.6) is 0 Å². The highest BCUT2D eigenvalue weighted by Crippen LogP contribution is 2.37. The SMILES string of the molecule is COC(=O)c1ccc2c(c1)NC(=O)C2C(=NC1CCC(NC(=O)CN(C)C)CC1)c1ccccc1. The smallest absolute Gasteiger partial charge is 0.337 e. The Kier molecular flexibility index (Phi) is 7.60. The molecule has 2 aromatic rings. The summed E-state index contributed by atoms with van der Waals surface area (Å²) in [6.07, 6.45) is 3.38. The maximum absolute atomic E-state index is 13.1. The highest BCUT2D eigenvalue weighted by molar-refractivity contribution is 6.23. The van der Waals surface area contributed by atoms with Crippen molar-refractivity contribution < 1.29 is 19.1 Å². The van der Waals surface area contributed by atoms with E-state index in [1.807, 2.05) is 49.3 Å². The zero-order valence-electron chi connectivity index (χ0n) is 20.4. The van der Waals surface area contributed by atoms with Crippen molar-refractivity contribution in [2.75, 3.05) is 33.1 Å². The predicted octanol–water partition coefficient (Wildman–Crippen LogP) is 2.99. The van der Waals surface area contributed by atoms with Gasteiger partial charge < -0.3 is 20.3 Å². The molecular weight excluding hydrogens is 444 g/mol. The Morgan fingerprint density at radius 1 is 1.06 bits per heavy atom. The van der Waals surface area contributed by atoms with Gasteiger partial charge in [0.25, 0.3) is 0 Å². The van der Waals surface area contributed by atoms with E-state index in [0.717, 1.165) is 42.5 Å². The topological polar surface area (TPSA) is 100 Å². The number of aliphatic imine (C=N–C) groups is 1. The lowest BCUT2D eigenvalue weighted by atomic mass is 9.88. The number of hydrogen-bond donors (Lipinski definition) is 2. The molecule has 35 heavy (non-hydrogen) atoms. The molecule has 0 spiro atoms. The molecule has 4 rings (SSSR count). The minimum Gasteiger partial charge on any atom is -0.465 e. The van der Waals surface area contributed by atoms with Gasteiger partial charge in [0, 0.05) is 11.7 Å². The van der Waals surface area contributed by atoms with Crippen molar-refractivity contribution in [3.05, 3.63) is 65.2 Å². The number of likely N-dealkylation sites (N-methyl/N-ethyl adjacent to an activating group) is 1. The zero-order chi connectivity index (χ0) is 24.9. The first kappa shape index (κ1) is 24.6. The lowest BCUT2D eigenvalue weighted by Gasteiger charge is -2.28. The number of nitrogens with one attached hydrogen (secondary N) is 2. The largest absolute Gasteiger partial charge is 0.465 e. The zero-order valence-corrected chi connectivity index (χ0v) is 20.4. The number of carbonyl (C=O) groups is 3. The molecule has 1 unspecified atom stereocenters. The third-order valence-electron chi connectivity index (χ3n) is 6.49. The minimum absolute atomic E-state index is 0.0393. The molecule has 8 heteroatoms. The summed E-state index contributed by atoms with van der Waals surface area (Å²) in [5, 5.41) is 6.04. The van der Waals surface area contributed by atoms with E-state index in [1.165, 1.54) is 7.11 Å². The second-order valence-corrected chi connectivity index (χ2v) is 9.41. The summed E-state index contributed by atoms with van der Waals surface area (Å²) in [6, 6.07) is 15.1. The average Bonchev–Trinajstić information content (AvgIpc) is 3.17. The van der Waals surface area contributed by atoms with Crippen molar-refractivity contribution in [1.29, 1.82) is 0 Å². The molecule has 1 saturated carbocycles. The Labute approximate surface area is 205 Å². The fraction of sp³-hybridized carbons (Fsp3) is 0.407. The molecule has 1 fully saturated rings. The highest BCUT2D eigenvalue weighted by Gasteiger charge is 2.36. The van der Waals surface area contributed by atoms with E-state index in [9.17, 15) is 14.4 Å². The first-order valence-corrected chi connectivity index (χ1v) is 12.0. The molecule has 0 bridgehead atoms. The highest BCUT2D eigenvalue weighted by atomic mass is 16.5. The molecule has 2 aromatic carbocycles. The van der Waals surface area contributed by atoms with Gasteiger partial charge in [0.1, 0.15) is 5.92 Å². The maximum atomic E-state index is 13.1. The maximum Gasteiger partial charge on any atom is 0.337 e. The monoisotopic (exact) mass is 476 g/mol. The number of amides is 2. The molecule has 0 saturated heterocycles. The summed E-state index contributed by atoms with van der Waals surface area (Å²) < 4.78 is 4.81. The number of ether oxygens (including phenoxy) is 1. The molecule has 1 heterocycles. The number of fused-ring (bicyclic) bond motifs is 1. The van der Waals surface area contributed by atoms with E-state index < -0.39 is 11.9 Å². The second kappa shape index (κ2) is 10.8. The number of anilines is 1.